The van der Waals surface area contributed by atoms with Crippen LogP contribution in [0.4, 0.5) is 0 Å². The highest BCUT2D eigenvalue weighted by Crippen LogP contribution is 2.18. The Labute approximate surface area is 128 Å². The molecule has 2 aromatic carbocycles. The Bertz CT molecular complexity index is 879. The predicted molar refractivity (Wildman–Crippen MR) is 86.8 cm³/mol. The van der Waals surface area contributed by atoms with Crippen molar-refractivity contribution < 1.29 is 0 Å². The molecule has 0 bridgehead atoms. The van der Waals surface area contributed by atoms with Gasteiger partial charge in [0, 0.05) is 0 Å². The molecule has 0 spiro atoms. The molecule has 1 aromatic heterocycles. The van der Waals surface area contributed by atoms with Crippen molar-refractivity contribution >= 4 is 23.3 Å². The lowest BCUT2D eigenvalue weighted by Crippen LogP contribution is -2.00. The van der Waals surface area contributed by atoms with Crippen LogP contribution < -0.4 is 0 Å². The first kappa shape index (κ1) is 13.6. The summed E-state index contributed by atoms with van der Waals surface area (Å²) >= 11 is 5.40. The summed E-state index contributed by atoms with van der Waals surface area (Å²) in [5.74, 6) is 0. The second kappa shape index (κ2) is 5.55. The van der Waals surface area contributed by atoms with E-state index in [1.165, 1.54) is 11.1 Å². The van der Waals surface area contributed by atoms with Crippen LogP contribution in [0.3, 0.4) is 0 Å². The van der Waals surface area contributed by atoms with Gasteiger partial charge in [-0.2, -0.15) is 5.26 Å². The van der Waals surface area contributed by atoms with E-state index >= 15 is 0 Å². The van der Waals surface area contributed by atoms with Crippen LogP contribution in [0.2, 0.25) is 0 Å². The van der Waals surface area contributed by atoms with Gasteiger partial charge in [0.25, 0.3) is 0 Å². The maximum absolute atomic E-state index is 9.05. The van der Waals surface area contributed by atoms with Crippen LogP contribution in [0.15, 0.2) is 42.5 Å². The first-order valence-corrected chi connectivity index (χ1v) is 7.32. The first-order chi connectivity index (χ1) is 10.2. The van der Waals surface area contributed by atoms with Crippen molar-refractivity contribution in [3.63, 3.8) is 0 Å². The average Bonchev–Trinajstić information content (AvgIpc) is 2.83. The molecule has 0 saturated heterocycles. The van der Waals surface area contributed by atoms with Gasteiger partial charge in [-0.05, 0) is 48.0 Å². The summed E-state index contributed by atoms with van der Waals surface area (Å²) in [5, 5.41) is 9.05. The van der Waals surface area contributed by atoms with Gasteiger partial charge in [-0.15, -0.1) is 0 Å². The van der Waals surface area contributed by atoms with Crippen LogP contribution in [0, 0.1) is 16.1 Å². The van der Waals surface area contributed by atoms with Crippen LogP contribution in [-0.4, -0.2) is 9.55 Å². The van der Waals surface area contributed by atoms with Gasteiger partial charge in [0.2, 0.25) is 0 Å². The number of hydrogen-bond acceptors (Lipinski definition) is 2. The second-order valence-corrected chi connectivity index (χ2v) is 5.42. The largest absolute Gasteiger partial charge is 0.331 e. The lowest BCUT2D eigenvalue weighted by atomic mass is 10.1. The smallest absolute Gasteiger partial charge is 0.178 e. The maximum atomic E-state index is 9.05. The number of nitrogens with zero attached hydrogens (tertiary/aromatic N) is 2. The van der Waals surface area contributed by atoms with Crippen molar-refractivity contribution in [2.45, 2.75) is 19.9 Å². The zero-order valence-electron chi connectivity index (χ0n) is 11.8. The van der Waals surface area contributed by atoms with Gasteiger partial charge in [0.05, 0.1) is 29.2 Å². The van der Waals surface area contributed by atoms with E-state index in [1.807, 2.05) is 16.7 Å². The Balaban J connectivity index is 2.04. The Morgan fingerprint density at radius 3 is 2.52 bits per heavy atom. The van der Waals surface area contributed by atoms with Crippen LogP contribution >= 0.6 is 12.2 Å². The van der Waals surface area contributed by atoms with E-state index in [-0.39, 0.29) is 0 Å². The van der Waals surface area contributed by atoms with Crippen molar-refractivity contribution in [1.29, 1.82) is 5.26 Å². The molecule has 0 aliphatic heterocycles. The summed E-state index contributed by atoms with van der Waals surface area (Å²) in [4.78, 5) is 3.19. The molecule has 0 aliphatic rings. The number of nitriles is 1. The molecule has 4 heteroatoms. The van der Waals surface area contributed by atoms with E-state index in [2.05, 4.69) is 42.2 Å². The number of nitrogens with one attached hydrogen (secondary N) is 1. The Morgan fingerprint density at radius 2 is 1.86 bits per heavy atom. The van der Waals surface area contributed by atoms with Gasteiger partial charge >= 0.3 is 0 Å². The first-order valence-electron chi connectivity index (χ1n) is 6.91. The minimum Gasteiger partial charge on any atom is -0.331 e. The number of aromatic nitrogens is 2. The molecule has 0 radical (unpaired) electrons. The van der Waals surface area contributed by atoms with Crippen LogP contribution in [0.25, 0.3) is 11.0 Å². The third-order valence-corrected chi connectivity index (χ3v) is 4.00. The number of hydrogen-bond donors (Lipinski definition) is 1. The molecule has 1 heterocycles. The lowest BCUT2D eigenvalue weighted by Gasteiger charge is -2.06. The van der Waals surface area contributed by atoms with Gasteiger partial charge in [-0.1, -0.05) is 31.2 Å². The fraction of sp³-hybridized carbons (Fsp3) is 0.176. The highest BCUT2D eigenvalue weighted by molar-refractivity contribution is 7.71. The molecule has 3 aromatic rings. The van der Waals surface area contributed by atoms with E-state index in [9.17, 15) is 0 Å². The second-order valence-electron chi connectivity index (χ2n) is 5.03. The fourth-order valence-electron chi connectivity index (χ4n) is 2.44. The van der Waals surface area contributed by atoms with E-state index < -0.39 is 0 Å². The molecule has 21 heavy (non-hydrogen) atoms. The van der Waals surface area contributed by atoms with Crippen LogP contribution in [-0.2, 0) is 13.0 Å². The van der Waals surface area contributed by atoms with Gasteiger partial charge in [0.15, 0.2) is 4.77 Å². The number of imidazole rings is 1. The summed E-state index contributed by atoms with van der Waals surface area (Å²) in [6, 6.07) is 16.3. The van der Waals surface area contributed by atoms with Crippen molar-refractivity contribution in [2.75, 3.05) is 0 Å². The Hall–Kier alpha value is -2.38. The fourth-order valence-corrected chi connectivity index (χ4v) is 2.72. The Kier molecular flexibility index (Phi) is 3.59. The number of fused-ring (bicyclic) bond motifs is 1. The molecule has 3 rings (SSSR count). The molecule has 0 unspecified atom stereocenters. The molecule has 1 N–H and O–H groups in total. The molecule has 3 nitrogen and oxygen atoms in total. The van der Waals surface area contributed by atoms with Crippen molar-refractivity contribution in [3.8, 4) is 6.07 Å². The van der Waals surface area contributed by atoms with E-state index in [1.54, 1.807) is 6.07 Å². The summed E-state index contributed by atoms with van der Waals surface area (Å²) in [5.41, 5.74) is 5.11. The van der Waals surface area contributed by atoms with Crippen LogP contribution in [0.5, 0.6) is 0 Å². The number of H-pyrrole nitrogens is 1. The molecule has 0 aliphatic carbocycles. The summed E-state index contributed by atoms with van der Waals surface area (Å²) in [7, 11) is 0. The Morgan fingerprint density at radius 1 is 1.14 bits per heavy atom. The quantitative estimate of drug-likeness (QED) is 0.736. The standard InChI is InChI=1S/C17H15N3S/c1-2-12-3-5-13(6-4-12)11-20-16-9-14(10-18)7-8-15(16)19-17(20)21/h3-9H,2,11H2,1H3,(H,19,21). The number of aryl methyl sites for hydroxylation is 1. The molecular formula is C17H15N3S. The predicted octanol–water partition coefficient (Wildman–Crippen LogP) is 4.18. The topological polar surface area (TPSA) is 44.5 Å². The number of benzene rings is 2. The average molecular weight is 293 g/mol. The molecule has 0 atom stereocenters. The highest BCUT2D eigenvalue weighted by atomic mass is 32.1. The van der Waals surface area contributed by atoms with Crippen LogP contribution in [0.1, 0.15) is 23.6 Å². The lowest BCUT2D eigenvalue weighted by molar-refractivity contribution is 0.809. The monoisotopic (exact) mass is 293 g/mol. The highest BCUT2D eigenvalue weighted by Gasteiger charge is 2.06. The molecular weight excluding hydrogens is 278 g/mol. The summed E-state index contributed by atoms with van der Waals surface area (Å²) < 4.78 is 2.71. The van der Waals surface area contributed by atoms with Gasteiger partial charge in [-0.3, -0.25) is 0 Å². The minimum absolute atomic E-state index is 0.645. The minimum atomic E-state index is 0.645. The number of rotatable bonds is 3. The normalized spacial score (nSPS) is 10.7. The summed E-state index contributed by atoms with van der Waals surface area (Å²) in [6.07, 6.45) is 1.04. The molecule has 0 amide bonds. The maximum Gasteiger partial charge on any atom is 0.178 e. The van der Waals surface area contributed by atoms with Gasteiger partial charge in [-0.25, -0.2) is 0 Å². The third-order valence-electron chi connectivity index (χ3n) is 3.68. The molecule has 0 saturated carbocycles. The third kappa shape index (κ3) is 2.61. The van der Waals surface area contributed by atoms with Gasteiger partial charge < -0.3 is 9.55 Å². The zero-order valence-corrected chi connectivity index (χ0v) is 12.6. The van der Waals surface area contributed by atoms with Gasteiger partial charge in [0.1, 0.15) is 0 Å². The SMILES string of the molecule is CCc1ccc(Cn2c(=S)[nH]c3ccc(C#N)cc32)cc1. The number of aromatic amines is 1. The van der Waals surface area contributed by atoms with Crippen molar-refractivity contribution in [3.05, 3.63) is 63.9 Å². The summed E-state index contributed by atoms with van der Waals surface area (Å²) in [6.45, 7) is 2.85. The van der Waals surface area contributed by atoms with E-state index in [0.717, 1.165) is 17.5 Å². The van der Waals surface area contributed by atoms with Crippen molar-refractivity contribution in [2.24, 2.45) is 0 Å². The zero-order chi connectivity index (χ0) is 14.8. The van der Waals surface area contributed by atoms with Crippen molar-refractivity contribution in [1.82, 2.24) is 9.55 Å². The van der Waals surface area contributed by atoms with E-state index in [4.69, 9.17) is 17.5 Å². The van der Waals surface area contributed by atoms with E-state index in [0.29, 0.717) is 16.9 Å². The molecule has 0 fully saturated rings. The molecule has 104 valence electrons.